The summed E-state index contributed by atoms with van der Waals surface area (Å²) >= 11 is 4.81. The number of benzene rings is 1. The Morgan fingerprint density at radius 1 is 0.630 bits per heavy atom. The Morgan fingerprint density at radius 2 is 1.15 bits per heavy atom. The zero-order chi connectivity index (χ0) is 19.7. The van der Waals surface area contributed by atoms with Crippen LogP contribution in [0.25, 0.3) is 0 Å². The standard InChI is InChI=1S/C12H18.C4H4S.C3H3NS.C2H2N2S/c1-9(2)11-5-7-12(8-6-11)10(3)4;1-2-4-5-3-1;1-2-5-3-4-1;1-3-4-2-5-1/h5-10H,1-4H3;1-4H;1-3H;1-2H. The van der Waals surface area contributed by atoms with Crippen LogP contribution < -0.4 is 0 Å². The molecule has 0 aliphatic rings. The summed E-state index contributed by atoms with van der Waals surface area (Å²) in [6.45, 7) is 8.91. The Kier molecular flexibility index (Phi) is 13.0. The van der Waals surface area contributed by atoms with Gasteiger partial charge in [-0.2, -0.15) is 11.3 Å². The van der Waals surface area contributed by atoms with Crippen LogP contribution in [0.4, 0.5) is 0 Å². The van der Waals surface area contributed by atoms with Gasteiger partial charge in [-0.05, 0) is 33.7 Å². The summed E-state index contributed by atoms with van der Waals surface area (Å²) in [7, 11) is 0. The van der Waals surface area contributed by atoms with Crippen LogP contribution in [0.5, 0.6) is 0 Å². The lowest BCUT2D eigenvalue weighted by atomic mass is 9.97. The molecule has 3 aromatic heterocycles. The van der Waals surface area contributed by atoms with Crippen LogP contribution in [0.2, 0.25) is 0 Å². The third-order valence-corrected chi connectivity index (χ3v) is 4.91. The molecule has 0 spiro atoms. The van der Waals surface area contributed by atoms with E-state index in [1.165, 1.54) is 22.5 Å². The van der Waals surface area contributed by atoms with Crippen LogP contribution in [-0.2, 0) is 0 Å². The molecule has 0 aliphatic carbocycles. The molecule has 0 unspecified atom stereocenters. The maximum atomic E-state index is 3.74. The van der Waals surface area contributed by atoms with E-state index < -0.39 is 0 Å². The second kappa shape index (κ2) is 15.2. The van der Waals surface area contributed by atoms with Crippen LogP contribution >= 0.6 is 34.0 Å². The fourth-order valence-electron chi connectivity index (χ4n) is 1.80. The van der Waals surface area contributed by atoms with Gasteiger partial charge in [0.05, 0.1) is 5.51 Å². The minimum atomic E-state index is 0.645. The van der Waals surface area contributed by atoms with Gasteiger partial charge in [0.25, 0.3) is 0 Å². The van der Waals surface area contributed by atoms with Gasteiger partial charge in [0.1, 0.15) is 11.0 Å². The largest absolute Gasteiger partial charge is 0.253 e. The van der Waals surface area contributed by atoms with Crippen LogP contribution in [-0.4, -0.2) is 15.2 Å². The fraction of sp³-hybridized carbons (Fsp3) is 0.286. The van der Waals surface area contributed by atoms with Gasteiger partial charge in [-0.3, -0.25) is 4.98 Å². The summed E-state index contributed by atoms with van der Waals surface area (Å²) in [4.78, 5) is 3.74. The van der Waals surface area contributed by atoms with E-state index in [9.17, 15) is 0 Å². The van der Waals surface area contributed by atoms with E-state index in [-0.39, 0.29) is 0 Å². The lowest BCUT2D eigenvalue weighted by Gasteiger charge is -2.08. The normalized spacial score (nSPS) is 9.41. The molecule has 144 valence electrons. The molecule has 0 fully saturated rings. The van der Waals surface area contributed by atoms with Gasteiger partial charge in [0, 0.05) is 11.6 Å². The molecular weight excluding hydrogens is 390 g/mol. The van der Waals surface area contributed by atoms with Gasteiger partial charge >= 0.3 is 0 Å². The molecule has 0 bridgehead atoms. The number of hydrogen-bond acceptors (Lipinski definition) is 6. The molecule has 0 amide bonds. The number of thiazole rings is 1. The molecule has 1 aromatic carbocycles. The van der Waals surface area contributed by atoms with Gasteiger partial charge in [-0.1, -0.05) is 64.1 Å². The highest BCUT2D eigenvalue weighted by atomic mass is 32.1. The van der Waals surface area contributed by atoms with Crippen molar-refractivity contribution in [3.05, 3.63) is 86.4 Å². The highest BCUT2D eigenvalue weighted by molar-refractivity contribution is 7.08. The van der Waals surface area contributed by atoms with Crippen LogP contribution in [0.15, 0.2) is 75.3 Å². The summed E-state index contributed by atoms with van der Waals surface area (Å²) in [6, 6.07) is 13.0. The highest BCUT2D eigenvalue weighted by Gasteiger charge is 2.00. The van der Waals surface area contributed by atoms with Crippen molar-refractivity contribution in [1.82, 2.24) is 15.2 Å². The first-order chi connectivity index (χ1) is 13.1. The molecule has 0 saturated carbocycles. The maximum absolute atomic E-state index is 3.74. The molecule has 0 atom stereocenters. The summed E-state index contributed by atoms with van der Waals surface area (Å²) in [6.07, 6.45) is 1.77. The molecule has 0 N–H and O–H groups in total. The zero-order valence-electron chi connectivity index (χ0n) is 16.2. The lowest BCUT2D eigenvalue weighted by molar-refractivity contribution is 0.845. The molecule has 4 rings (SSSR count). The molecule has 3 heterocycles. The van der Waals surface area contributed by atoms with Crippen molar-refractivity contribution in [2.45, 2.75) is 39.5 Å². The van der Waals surface area contributed by atoms with E-state index in [4.69, 9.17) is 0 Å². The van der Waals surface area contributed by atoms with Crippen LogP contribution in [0.1, 0.15) is 50.7 Å². The van der Waals surface area contributed by atoms with Crippen molar-refractivity contribution in [1.29, 1.82) is 0 Å². The molecule has 27 heavy (non-hydrogen) atoms. The number of rotatable bonds is 2. The predicted molar refractivity (Wildman–Crippen MR) is 121 cm³/mol. The third-order valence-electron chi connectivity index (χ3n) is 3.33. The number of aromatic nitrogens is 3. The highest BCUT2D eigenvalue weighted by Crippen LogP contribution is 2.19. The molecular formula is C21H27N3S3. The fourth-order valence-corrected chi connectivity index (χ4v) is 2.88. The Morgan fingerprint density at radius 3 is 1.33 bits per heavy atom. The number of thiophene rings is 1. The molecule has 0 saturated heterocycles. The summed E-state index contributed by atoms with van der Waals surface area (Å²) in [5.74, 6) is 1.29. The Hall–Kier alpha value is -1.89. The second-order valence-electron chi connectivity index (χ2n) is 6.02. The lowest BCUT2D eigenvalue weighted by Crippen LogP contribution is -1.90. The van der Waals surface area contributed by atoms with E-state index in [0.29, 0.717) is 11.8 Å². The van der Waals surface area contributed by atoms with Crippen molar-refractivity contribution < 1.29 is 0 Å². The van der Waals surface area contributed by atoms with Gasteiger partial charge in [0.2, 0.25) is 0 Å². The van der Waals surface area contributed by atoms with Gasteiger partial charge in [-0.25, -0.2) is 0 Å². The van der Waals surface area contributed by atoms with Crippen molar-refractivity contribution in [2.24, 2.45) is 0 Å². The molecule has 0 radical (unpaired) electrons. The van der Waals surface area contributed by atoms with E-state index in [1.54, 1.807) is 45.4 Å². The molecule has 4 aromatic rings. The SMILES string of the molecule is CC(C)c1ccc(C(C)C)cc1.c1ccsc1.c1cscn1.c1nncs1. The zero-order valence-corrected chi connectivity index (χ0v) is 18.7. The van der Waals surface area contributed by atoms with Crippen LogP contribution in [0.3, 0.4) is 0 Å². The van der Waals surface area contributed by atoms with E-state index in [0.717, 1.165) is 0 Å². The molecule has 0 aliphatic heterocycles. The van der Waals surface area contributed by atoms with Crippen molar-refractivity contribution >= 4 is 34.0 Å². The predicted octanol–water partition coefficient (Wildman–Crippen LogP) is 7.36. The molecule has 6 heteroatoms. The van der Waals surface area contributed by atoms with E-state index >= 15 is 0 Å². The monoisotopic (exact) mass is 417 g/mol. The first-order valence-electron chi connectivity index (χ1n) is 8.69. The van der Waals surface area contributed by atoms with Gasteiger partial charge < -0.3 is 0 Å². The topological polar surface area (TPSA) is 38.7 Å². The van der Waals surface area contributed by atoms with Gasteiger partial charge in [0.15, 0.2) is 0 Å². The van der Waals surface area contributed by atoms with Crippen LogP contribution in [0, 0.1) is 0 Å². The molecule has 3 nitrogen and oxygen atoms in total. The maximum Gasteiger partial charge on any atom is 0.103 e. The van der Waals surface area contributed by atoms with Crippen molar-refractivity contribution in [3.63, 3.8) is 0 Å². The van der Waals surface area contributed by atoms with E-state index in [2.05, 4.69) is 67.1 Å². The van der Waals surface area contributed by atoms with Crippen molar-refractivity contribution in [3.8, 4) is 0 Å². The van der Waals surface area contributed by atoms with E-state index in [1.807, 2.05) is 28.3 Å². The van der Waals surface area contributed by atoms with Crippen molar-refractivity contribution in [2.75, 3.05) is 0 Å². The van der Waals surface area contributed by atoms with Gasteiger partial charge in [-0.15, -0.1) is 32.9 Å². The minimum absolute atomic E-state index is 0.645. The smallest absolute Gasteiger partial charge is 0.103 e. The number of nitrogens with zero attached hydrogens (tertiary/aromatic N) is 3. The third kappa shape index (κ3) is 12.2. The Bertz CT molecular complexity index is 592. The Balaban J connectivity index is 0.000000200. The summed E-state index contributed by atoms with van der Waals surface area (Å²) in [5, 5.41) is 13.0. The second-order valence-corrected chi connectivity index (χ2v) is 8.29. The average molecular weight is 418 g/mol. The summed E-state index contributed by atoms with van der Waals surface area (Å²) < 4.78 is 0. The first kappa shape index (κ1) is 23.1. The Labute approximate surface area is 174 Å². The number of hydrogen-bond donors (Lipinski definition) is 0. The quantitative estimate of drug-likeness (QED) is 0.342. The first-order valence-corrected chi connectivity index (χ1v) is 11.5. The summed E-state index contributed by atoms with van der Waals surface area (Å²) in [5.41, 5.74) is 8.01. The average Bonchev–Trinajstić information content (AvgIpc) is 3.49. The minimum Gasteiger partial charge on any atom is -0.253 e.